The minimum Gasteiger partial charge on any atom is -0.466 e. The molecule has 0 aromatic heterocycles. The van der Waals surface area contributed by atoms with E-state index in [1.165, 1.54) is 84.2 Å². The summed E-state index contributed by atoms with van der Waals surface area (Å²) in [5, 5.41) is 3.54. The van der Waals surface area contributed by atoms with Crippen LogP contribution in [-0.4, -0.2) is 25.7 Å². The Morgan fingerprint density at radius 3 is 1.50 bits per heavy atom. The highest BCUT2D eigenvalue weighted by molar-refractivity contribution is 5.65. The number of ether oxygens (including phenoxy) is 1. The van der Waals surface area contributed by atoms with Crippen molar-refractivity contribution in [1.29, 1.82) is 0 Å². The summed E-state index contributed by atoms with van der Waals surface area (Å²) in [7, 11) is 0. The number of esters is 1. The fourth-order valence-electron chi connectivity index (χ4n) is 2.08. The van der Waals surface area contributed by atoms with Crippen LogP contribution < -0.4 is 5.32 Å². The Bertz CT molecular complexity index is 196. The van der Waals surface area contributed by atoms with Gasteiger partial charge in [0.05, 0.1) is 6.61 Å². The van der Waals surface area contributed by atoms with Crippen molar-refractivity contribution < 1.29 is 9.53 Å². The molecule has 3 heteroatoms. The van der Waals surface area contributed by atoms with Crippen LogP contribution in [0.15, 0.2) is 0 Å². The number of hydrogen-bond acceptors (Lipinski definition) is 3. The van der Waals surface area contributed by atoms with Gasteiger partial charge in [0.1, 0.15) is 0 Å². The van der Waals surface area contributed by atoms with E-state index in [4.69, 9.17) is 0 Å². The molecule has 134 valence electrons. The third-order valence-electron chi connectivity index (χ3n) is 3.42. The summed E-state index contributed by atoms with van der Waals surface area (Å²) in [6.07, 6.45) is 14.9. The van der Waals surface area contributed by atoms with Gasteiger partial charge in [-0.25, -0.2) is 0 Å². The number of carbonyl (C=O) groups excluding carboxylic acids is 1. The van der Waals surface area contributed by atoms with Crippen LogP contribution in [0, 0.1) is 0 Å². The van der Waals surface area contributed by atoms with Gasteiger partial charge in [0, 0.05) is 6.92 Å². The molecule has 0 aromatic rings. The van der Waals surface area contributed by atoms with Gasteiger partial charge in [0.15, 0.2) is 0 Å². The maximum atomic E-state index is 9.98. The van der Waals surface area contributed by atoms with E-state index in [0.717, 1.165) is 6.42 Å². The summed E-state index contributed by atoms with van der Waals surface area (Å²) in [6, 6.07) is 0. The first-order valence-corrected chi connectivity index (χ1v) is 9.53. The number of nitrogens with one attached hydrogen (secondary N) is 1. The molecule has 22 heavy (non-hydrogen) atoms. The summed E-state index contributed by atoms with van der Waals surface area (Å²) in [5.41, 5.74) is 0. The van der Waals surface area contributed by atoms with Crippen molar-refractivity contribution in [3.63, 3.8) is 0 Å². The second-order valence-electron chi connectivity index (χ2n) is 5.92. The van der Waals surface area contributed by atoms with E-state index in [0.29, 0.717) is 6.61 Å². The first kappa shape index (κ1) is 23.7. The second kappa shape index (κ2) is 22.7. The lowest BCUT2D eigenvalue weighted by atomic mass is 10.1. The zero-order valence-corrected chi connectivity index (χ0v) is 15.7. The number of rotatable bonds is 14. The van der Waals surface area contributed by atoms with Crippen LogP contribution in [0.25, 0.3) is 0 Å². The van der Waals surface area contributed by atoms with Gasteiger partial charge in [-0.1, -0.05) is 72.1 Å². The molecule has 0 aliphatic heterocycles. The minimum absolute atomic E-state index is 0.193. The van der Waals surface area contributed by atoms with Crippen LogP contribution >= 0.6 is 0 Å². The third-order valence-corrected chi connectivity index (χ3v) is 3.42. The number of carbonyl (C=O) groups is 1. The zero-order valence-electron chi connectivity index (χ0n) is 15.7. The maximum absolute atomic E-state index is 9.98. The van der Waals surface area contributed by atoms with E-state index >= 15 is 0 Å². The molecule has 0 aromatic carbocycles. The summed E-state index contributed by atoms with van der Waals surface area (Å²) < 4.78 is 4.55. The molecule has 0 aliphatic carbocycles. The molecule has 0 saturated carbocycles. The Balaban J connectivity index is 0. The molecule has 0 amide bonds. The van der Waals surface area contributed by atoms with Crippen LogP contribution in [-0.2, 0) is 9.53 Å². The van der Waals surface area contributed by atoms with Crippen LogP contribution in [0.4, 0.5) is 0 Å². The van der Waals surface area contributed by atoms with E-state index in [1.54, 1.807) is 0 Å². The lowest BCUT2D eigenvalue weighted by molar-refractivity contribution is -0.140. The van der Waals surface area contributed by atoms with Gasteiger partial charge in [-0.15, -0.1) is 0 Å². The molecule has 1 N–H and O–H groups in total. The molecular formula is C19H41NO2. The van der Waals surface area contributed by atoms with Gasteiger partial charge in [-0.3, -0.25) is 4.79 Å². The molecule has 0 aliphatic rings. The fraction of sp³-hybridized carbons (Fsp3) is 0.947. The largest absolute Gasteiger partial charge is 0.466 e. The summed E-state index contributed by atoms with van der Waals surface area (Å²) >= 11 is 0. The zero-order chi connectivity index (χ0) is 16.9. The van der Waals surface area contributed by atoms with Crippen molar-refractivity contribution in [2.45, 2.75) is 98.3 Å². The summed E-state index contributed by atoms with van der Waals surface area (Å²) in [4.78, 5) is 9.98. The van der Waals surface area contributed by atoms with Crippen molar-refractivity contribution in [2.75, 3.05) is 19.7 Å². The van der Waals surface area contributed by atoms with Gasteiger partial charge in [-0.05, 0) is 32.4 Å². The molecule has 3 nitrogen and oxygen atoms in total. The Morgan fingerprint density at radius 1 is 0.727 bits per heavy atom. The average Bonchev–Trinajstić information content (AvgIpc) is 2.51. The van der Waals surface area contributed by atoms with Crippen LogP contribution in [0.3, 0.4) is 0 Å². The Labute approximate surface area is 139 Å². The van der Waals surface area contributed by atoms with E-state index < -0.39 is 0 Å². The van der Waals surface area contributed by atoms with E-state index in [1.807, 2.05) is 6.92 Å². The van der Waals surface area contributed by atoms with Gasteiger partial charge in [0.25, 0.3) is 0 Å². The summed E-state index contributed by atoms with van der Waals surface area (Å²) in [5.74, 6) is -0.193. The first-order chi connectivity index (χ1) is 10.7. The second-order valence-corrected chi connectivity index (χ2v) is 5.92. The number of hydrogen-bond donors (Lipinski definition) is 1. The monoisotopic (exact) mass is 315 g/mol. The standard InChI is InChI=1S/C14H31N.C5H10O2/c1-3-5-7-9-11-13-15-14-12-10-8-6-4-2;1-3-4-7-5(2)6/h15H,3-14H2,1-2H3;3-4H2,1-2H3. The molecule has 0 spiro atoms. The number of unbranched alkanes of at least 4 members (excludes halogenated alkanes) is 8. The first-order valence-electron chi connectivity index (χ1n) is 9.53. The molecule has 0 radical (unpaired) electrons. The van der Waals surface area contributed by atoms with Crippen LogP contribution in [0.1, 0.15) is 98.3 Å². The normalized spacial score (nSPS) is 10.0. The molecule has 0 saturated heterocycles. The molecule has 0 bridgehead atoms. The summed E-state index contributed by atoms with van der Waals surface area (Å²) in [6.45, 7) is 10.9. The lowest BCUT2D eigenvalue weighted by Gasteiger charge is -2.04. The average molecular weight is 316 g/mol. The molecule has 0 heterocycles. The van der Waals surface area contributed by atoms with Gasteiger partial charge < -0.3 is 10.1 Å². The topological polar surface area (TPSA) is 38.3 Å². The van der Waals surface area contributed by atoms with Crippen molar-refractivity contribution >= 4 is 5.97 Å². The van der Waals surface area contributed by atoms with Crippen LogP contribution in [0.2, 0.25) is 0 Å². The smallest absolute Gasteiger partial charge is 0.302 e. The van der Waals surface area contributed by atoms with Gasteiger partial charge >= 0.3 is 5.97 Å². The Hall–Kier alpha value is -0.570. The highest BCUT2D eigenvalue weighted by Gasteiger charge is 1.91. The Kier molecular flexibility index (Phi) is 24.5. The van der Waals surface area contributed by atoms with E-state index in [-0.39, 0.29) is 5.97 Å². The molecule has 0 atom stereocenters. The van der Waals surface area contributed by atoms with Crippen LogP contribution in [0.5, 0.6) is 0 Å². The Morgan fingerprint density at radius 2 is 1.18 bits per heavy atom. The van der Waals surface area contributed by atoms with E-state index in [9.17, 15) is 4.79 Å². The quantitative estimate of drug-likeness (QED) is 0.341. The molecular weight excluding hydrogens is 274 g/mol. The SMILES string of the molecule is CCCCCCCNCCCCCCC.CCCOC(C)=O. The van der Waals surface area contributed by atoms with Crippen molar-refractivity contribution in [3.05, 3.63) is 0 Å². The predicted molar refractivity (Wildman–Crippen MR) is 97.3 cm³/mol. The predicted octanol–water partition coefficient (Wildman–Crippen LogP) is 5.48. The third kappa shape index (κ3) is 27.7. The van der Waals surface area contributed by atoms with Gasteiger partial charge in [0.2, 0.25) is 0 Å². The van der Waals surface area contributed by atoms with E-state index in [2.05, 4.69) is 23.9 Å². The van der Waals surface area contributed by atoms with Crippen molar-refractivity contribution in [3.8, 4) is 0 Å². The minimum atomic E-state index is -0.193. The van der Waals surface area contributed by atoms with Crippen molar-refractivity contribution in [2.24, 2.45) is 0 Å². The molecule has 0 rings (SSSR count). The van der Waals surface area contributed by atoms with Crippen molar-refractivity contribution in [1.82, 2.24) is 5.32 Å². The lowest BCUT2D eigenvalue weighted by Crippen LogP contribution is -2.16. The highest BCUT2D eigenvalue weighted by Crippen LogP contribution is 2.02. The molecule has 0 unspecified atom stereocenters. The fourth-order valence-corrected chi connectivity index (χ4v) is 2.08. The molecule has 0 fully saturated rings. The highest BCUT2D eigenvalue weighted by atomic mass is 16.5. The van der Waals surface area contributed by atoms with Gasteiger partial charge in [-0.2, -0.15) is 0 Å². The maximum Gasteiger partial charge on any atom is 0.302 e.